The van der Waals surface area contributed by atoms with Gasteiger partial charge in [0.2, 0.25) is 0 Å². The van der Waals surface area contributed by atoms with Crippen molar-refractivity contribution in [2.75, 3.05) is 0 Å². The molecule has 0 radical (unpaired) electrons. The minimum absolute atomic E-state index is 0.0326. The van der Waals surface area contributed by atoms with E-state index in [-0.39, 0.29) is 6.10 Å². The second-order valence-corrected chi connectivity index (χ2v) is 5.44. The molecule has 3 nitrogen and oxygen atoms in total. The van der Waals surface area contributed by atoms with E-state index < -0.39 is 5.79 Å². The van der Waals surface area contributed by atoms with Crippen molar-refractivity contribution in [1.82, 2.24) is 0 Å². The zero-order valence-electron chi connectivity index (χ0n) is 11.0. The number of ether oxygens (including phenoxy) is 1. The van der Waals surface area contributed by atoms with Crippen molar-refractivity contribution >= 4 is 11.0 Å². The highest BCUT2D eigenvalue weighted by molar-refractivity contribution is 5.82. The third kappa shape index (κ3) is 1.84. The second-order valence-electron chi connectivity index (χ2n) is 5.44. The van der Waals surface area contributed by atoms with E-state index in [0.29, 0.717) is 6.42 Å². The average molecular weight is 246 g/mol. The van der Waals surface area contributed by atoms with Crippen molar-refractivity contribution in [2.24, 2.45) is 0 Å². The predicted molar refractivity (Wildman–Crippen MR) is 69.4 cm³/mol. The molecule has 1 saturated heterocycles. The van der Waals surface area contributed by atoms with Crippen LogP contribution in [0, 0.1) is 13.8 Å². The molecule has 2 atom stereocenters. The van der Waals surface area contributed by atoms with Gasteiger partial charge in [-0.3, -0.25) is 0 Å². The zero-order valence-corrected chi connectivity index (χ0v) is 11.0. The Morgan fingerprint density at radius 2 is 2.06 bits per heavy atom. The van der Waals surface area contributed by atoms with Crippen LogP contribution in [0.15, 0.2) is 22.8 Å². The highest BCUT2D eigenvalue weighted by Crippen LogP contribution is 2.40. The SMILES string of the molecule is Cc1cc2c(C)coc2cc1[C@@H]1CC[C@](C)(O)O1. The normalized spacial score (nSPS) is 28.1. The van der Waals surface area contributed by atoms with Gasteiger partial charge in [-0.2, -0.15) is 0 Å². The lowest BCUT2D eigenvalue weighted by molar-refractivity contribution is -0.179. The lowest BCUT2D eigenvalue weighted by atomic mass is 9.98. The van der Waals surface area contributed by atoms with Crippen molar-refractivity contribution in [3.05, 3.63) is 35.1 Å². The van der Waals surface area contributed by atoms with Crippen molar-refractivity contribution < 1.29 is 14.3 Å². The first-order valence-corrected chi connectivity index (χ1v) is 6.35. The molecule has 2 aromatic rings. The highest BCUT2D eigenvalue weighted by Gasteiger charge is 2.35. The number of furan rings is 1. The van der Waals surface area contributed by atoms with Crippen LogP contribution in [0.25, 0.3) is 11.0 Å². The third-order valence-electron chi connectivity index (χ3n) is 3.77. The van der Waals surface area contributed by atoms with Gasteiger partial charge in [-0.15, -0.1) is 0 Å². The number of aryl methyl sites for hydroxylation is 2. The molecule has 1 aromatic carbocycles. The van der Waals surface area contributed by atoms with Crippen LogP contribution in [0.2, 0.25) is 0 Å². The Morgan fingerprint density at radius 3 is 2.72 bits per heavy atom. The molecule has 18 heavy (non-hydrogen) atoms. The summed E-state index contributed by atoms with van der Waals surface area (Å²) in [6.45, 7) is 5.84. The Morgan fingerprint density at radius 1 is 1.28 bits per heavy atom. The van der Waals surface area contributed by atoms with Gasteiger partial charge in [0.15, 0.2) is 5.79 Å². The number of rotatable bonds is 1. The molecule has 3 heteroatoms. The van der Waals surface area contributed by atoms with Gasteiger partial charge in [0, 0.05) is 11.8 Å². The van der Waals surface area contributed by atoms with Crippen molar-refractivity contribution in [2.45, 2.75) is 45.5 Å². The summed E-state index contributed by atoms with van der Waals surface area (Å²) >= 11 is 0. The fourth-order valence-electron chi connectivity index (χ4n) is 2.71. The lowest BCUT2D eigenvalue weighted by Crippen LogP contribution is -2.21. The molecule has 2 heterocycles. The Balaban J connectivity index is 2.05. The molecule has 0 aliphatic carbocycles. The van der Waals surface area contributed by atoms with Crippen LogP contribution >= 0.6 is 0 Å². The largest absolute Gasteiger partial charge is 0.464 e. The summed E-state index contributed by atoms with van der Waals surface area (Å²) < 4.78 is 11.2. The maximum absolute atomic E-state index is 9.89. The molecule has 1 fully saturated rings. The molecule has 1 aliphatic heterocycles. The number of benzene rings is 1. The van der Waals surface area contributed by atoms with Crippen LogP contribution in [-0.2, 0) is 4.74 Å². The fourth-order valence-corrected chi connectivity index (χ4v) is 2.71. The predicted octanol–water partition coefficient (Wildman–Crippen LogP) is 3.61. The van der Waals surface area contributed by atoms with Gasteiger partial charge in [-0.25, -0.2) is 0 Å². The molecule has 3 rings (SSSR count). The van der Waals surface area contributed by atoms with E-state index in [2.05, 4.69) is 13.0 Å². The number of fused-ring (bicyclic) bond motifs is 1. The van der Waals surface area contributed by atoms with E-state index in [1.54, 1.807) is 13.2 Å². The minimum atomic E-state index is -0.995. The van der Waals surface area contributed by atoms with Crippen LogP contribution in [0.5, 0.6) is 0 Å². The minimum Gasteiger partial charge on any atom is -0.464 e. The molecule has 0 unspecified atom stereocenters. The summed E-state index contributed by atoms with van der Waals surface area (Å²) in [6.07, 6.45) is 3.26. The summed E-state index contributed by atoms with van der Waals surface area (Å²) in [7, 11) is 0. The molecular formula is C15H18O3. The first kappa shape index (κ1) is 11.8. The lowest BCUT2D eigenvalue weighted by Gasteiger charge is -2.19. The summed E-state index contributed by atoms with van der Waals surface area (Å²) in [4.78, 5) is 0. The maximum atomic E-state index is 9.89. The topological polar surface area (TPSA) is 42.6 Å². The molecule has 1 aliphatic rings. The highest BCUT2D eigenvalue weighted by atomic mass is 16.6. The number of aliphatic hydroxyl groups is 1. The van der Waals surface area contributed by atoms with E-state index in [0.717, 1.165) is 28.5 Å². The zero-order chi connectivity index (χ0) is 12.9. The summed E-state index contributed by atoms with van der Waals surface area (Å²) in [5.41, 5.74) is 4.35. The first-order chi connectivity index (χ1) is 8.46. The second kappa shape index (κ2) is 3.84. The van der Waals surface area contributed by atoms with Crippen LogP contribution in [-0.4, -0.2) is 10.9 Å². The quantitative estimate of drug-likeness (QED) is 0.835. The van der Waals surface area contributed by atoms with Gasteiger partial charge in [-0.05, 0) is 56.0 Å². The van der Waals surface area contributed by atoms with Crippen molar-refractivity contribution in [1.29, 1.82) is 0 Å². The summed E-state index contributed by atoms with van der Waals surface area (Å²) in [6, 6.07) is 4.18. The van der Waals surface area contributed by atoms with Crippen LogP contribution in [0.3, 0.4) is 0 Å². The Kier molecular flexibility index (Phi) is 2.50. The van der Waals surface area contributed by atoms with E-state index in [4.69, 9.17) is 9.15 Å². The Hall–Kier alpha value is -1.32. The molecular weight excluding hydrogens is 228 g/mol. The monoisotopic (exact) mass is 246 g/mol. The Bertz CT molecular complexity index is 595. The van der Waals surface area contributed by atoms with Crippen LogP contribution < -0.4 is 0 Å². The van der Waals surface area contributed by atoms with E-state index in [9.17, 15) is 5.11 Å². The first-order valence-electron chi connectivity index (χ1n) is 6.35. The number of hydrogen-bond acceptors (Lipinski definition) is 3. The molecule has 0 bridgehead atoms. The van der Waals surface area contributed by atoms with Gasteiger partial charge in [0.25, 0.3) is 0 Å². The summed E-state index contributed by atoms with van der Waals surface area (Å²) in [5.74, 6) is -0.995. The van der Waals surface area contributed by atoms with Crippen molar-refractivity contribution in [3.8, 4) is 0 Å². The third-order valence-corrected chi connectivity index (χ3v) is 3.77. The molecule has 1 aromatic heterocycles. The van der Waals surface area contributed by atoms with Gasteiger partial charge < -0.3 is 14.3 Å². The van der Waals surface area contributed by atoms with Crippen LogP contribution in [0.1, 0.15) is 42.6 Å². The van der Waals surface area contributed by atoms with Gasteiger partial charge >= 0.3 is 0 Å². The van der Waals surface area contributed by atoms with Gasteiger partial charge in [0.05, 0.1) is 12.4 Å². The van der Waals surface area contributed by atoms with Gasteiger partial charge in [-0.1, -0.05) is 0 Å². The number of hydrogen-bond donors (Lipinski definition) is 1. The molecule has 0 saturated carbocycles. The molecule has 1 N–H and O–H groups in total. The molecule has 0 amide bonds. The average Bonchev–Trinajstić information content (AvgIpc) is 2.82. The maximum Gasteiger partial charge on any atom is 0.163 e. The Labute approximate surface area is 106 Å². The fraction of sp³-hybridized carbons (Fsp3) is 0.467. The summed E-state index contributed by atoms with van der Waals surface area (Å²) in [5, 5.41) is 11.0. The molecule has 0 spiro atoms. The van der Waals surface area contributed by atoms with Gasteiger partial charge in [0.1, 0.15) is 5.58 Å². The standard InChI is InChI=1S/C15H18O3/c1-9-6-11-10(2)8-17-14(11)7-12(9)13-4-5-15(3,16)18-13/h6-8,13,16H,4-5H2,1-3H3/t13-,15+/m0/s1. The smallest absolute Gasteiger partial charge is 0.163 e. The van der Waals surface area contributed by atoms with Crippen LogP contribution in [0.4, 0.5) is 0 Å². The van der Waals surface area contributed by atoms with E-state index >= 15 is 0 Å². The van der Waals surface area contributed by atoms with E-state index in [1.807, 2.05) is 13.0 Å². The molecule has 96 valence electrons. The van der Waals surface area contributed by atoms with Crippen molar-refractivity contribution in [3.63, 3.8) is 0 Å². The van der Waals surface area contributed by atoms with E-state index in [1.165, 1.54) is 5.56 Å².